The predicted octanol–water partition coefficient (Wildman–Crippen LogP) is 2.71. The summed E-state index contributed by atoms with van der Waals surface area (Å²) in [5.74, 6) is 0.185. The van der Waals surface area contributed by atoms with E-state index in [0.717, 1.165) is 0 Å². The Morgan fingerprint density at radius 3 is 2.78 bits per heavy atom. The lowest BCUT2D eigenvalue weighted by atomic mass is 9.76. The van der Waals surface area contributed by atoms with Gasteiger partial charge >= 0.3 is 11.7 Å². The largest absolute Gasteiger partial charge is 0.466 e. The molecule has 1 saturated heterocycles. The highest BCUT2D eigenvalue weighted by Crippen LogP contribution is 2.42. The van der Waals surface area contributed by atoms with Gasteiger partial charge < -0.3 is 9.64 Å². The maximum atomic E-state index is 12.5. The molecular formula is C16H23N3O4. The van der Waals surface area contributed by atoms with Gasteiger partial charge in [-0.2, -0.15) is 0 Å². The van der Waals surface area contributed by atoms with Crippen molar-refractivity contribution in [1.82, 2.24) is 4.98 Å². The zero-order chi connectivity index (χ0) is 17.2. The van der Waals surface area contributed by atoms with Crippen LogP contribution in [0.1, 0.15) is 32.9 Å². The number of hydrogen-bond acceptors (Lipinski definition) is 6. The number of aromatic nitrogens is 1. The van der Waals surface area contributed by atoms with E-state index in [1.54, 1.807) is 19.9 Å². The highest BCUT2D eigenvalue weighted by atomic mass is 16.6. The second-order valence-corrected chi connectivity index (χ2v) is 6.26. The zero-order valence-corrected chi connectivity index (χ0v) is 14.0. The molecule has 1 atom stereocenters. The van der Waals surface area contributed by atoms with Crippen LogP contribution in [0.5, 0.6) is 0 Å². The standard InChI is InChI=1S/C16H23N3O4/c1-5-23-15(20)16(11(2)3)8-9-18(10-16)14-13(19(21)22)7-6-12(4)17-14/h6-7,11H,5,8-10H2,1-4H3. The van der Waals surface area contributed by atoms with Crippen molar-refractivity contribution in [2.24, 2.45) is 11.3 Å². The Morgan fingerprint density at radius 2 is 2.22 bits per heavy atom. The van der Waals surface area contributed by atoms with E-state index >= 15 is 0 Å². The monoisotopic (exact) mass is 321 g/mol. The number of pyridine rings is 1. The van der Waals surface area contributed by atoms with Gasteiger partial charge in [-0.3, -0.25) is 14.9 Å². The van der Waals surface area contributed by atoms with Crippen molar-refractivity contribution in [2.45, 2.75) is 34.1 Å². The van der Waals surface area contributed by atoms with Gasteiger partial charge in [-0.1, -0.05) is 13.8 Å². The third-order valence-corrected chi connectivity index (χ3v) is 4.58. The molecule has 126 valence electrons. The van der Waals surface area contributed by atoms with Crippen molar-refractivity contribution >= 4 is 17.5 Å². The molecule has 0 aromatic carbocycles. The number of carbonyl (C=O) groups is 1. The molecule has 1 aromatic heterocycles. The van der Waals surface area contributed by atoms with E-state index < -0.39 is 10.3 Å². The summed E-state index contributed by atoms with van der Waals surface area (Å²) >= 11 is 0. The number of anilines is 1. The third kappa shape index (κ3) is 3.13. The Morgan fingerprint density at radius 1 is 1.52 bits per heavy atom. The van der Waals surface area contributed by atoms with E-state index in [9.17, 15) is 14.9 Å². The van der Waals surface area contributed by atoms with Crippen molar-refractivity contribution in [2.75, 3.05) is 24.6 Å². The average molecular weight is 321 g/mol. The first kappa shape index (κ1) is 17.2. The van der Waals surface area contributed by atoms with Crippen molar-refractivity contribution in [3.63, 3.8) is 0 Å². The van der Waals surface area contributed by atoms with Crippen LogP contribution in [-0.2, 0) is 9.53 Å². The Labute approximate surface area is 135 Å². The number of nitro groups is 1. The summed E-state index contributed by atoms with van der Waals surface area (Å²) in [4.78, 5) is 29.5. The van der Waals surface area contributed by atoms with Gasteiger partial charge in [-0.05, 0) is 32.3 Å². The molecule has 1 fully saturated rings. The summed E-state index contributed by atoms with van der Waals surface area (Å²) in [5.41, 5.74) is 0.0396. The molecule has 0 amide bonds. The van der Waals surface area contributed by atoms with Gasteiger partial charge in [0, 0.05) is 24.8 Å². The van der Waals surface area contributed by atoms with Crippen molar-refractivity contribution < 1.29 is 14.5 Å². The molecule has 0 bridgehead atoms. The highest BCUT2D eigenvalue weighted by molar-refractivity contribution is 5.79. The lowest BCUT2D eigenvalue weighted by Gasteiger charge is -2.31. The quantitative estimate of drug-likeness (QED) is 0.471. The Balaban J connectivity index is 2.36. The van der Waals surface area contributed by atoms with E-state index in [1.165, 1.54) is 6.07 Å². The van der Waals surface area contributed by atoms with Crippen LogP contribution in [-0.4, -0.2) is 35.6 Å². The molecule has 1 unspecified atom stereocenters. The summed E-state index contributed by atoms with van der Waals surface area (Å²) in [5, 5.41) is 11.3. The normalized spacial score (nSPS) is 20.8. The number of esters is 1. The lowest BCUT2D eigenvalue weighted by molar-refractivity contribution is -0.384. The molecule has 0 aliphatic carbocycles. The topological polar surface area (TPSA) is 85.6 Å². The summed E-state index contributed by atoms with van der Waals surface area (Å²) < 4.78 is 5.26. The number of nitrogens with zero attached hydrogens (tertiary/aromatic N) is 3. The molecule has 2 heterocycles. The second kappa shape index (κ2) is 6.52. The number of rotatable bonds is 5. The highest BCUT2D eigenvalue weighted by Gasteiger charge is 2.49. The molecule has 0 N–H and O–H groups in total. The minimum absolute atomic E-state index is 0.0287. The Hall–Kier alpha value is -2.18. The molecule has 23 heavy (non-hydrogen) atoms. The van der Waals surface area contributed by atoms with Gasteiger partial charge in [-0.15, -0.1) is 0 Å². The maximum Gasteiger partial charge on any atom is 0.314 e. The lowest BCUT2D eigenvalue weighted by Crippen LogP contribution is -2.41. The number of ether oxygens (including phenoxy) is 1. The number of aryl methyl sites for hydroxylation is 1. The second-order valence-electron chi connectivity index (χ2n) is 6.26. The van der Waals surface area contributed by atoms with Crippen molar-refractivity contribution in [1.29, 1.82) is 0 Å². The maximum absolute atomic E-state index is 12.5. The van der Waals surface area contributed by atoms with E-state index in [4.69, 9.17) is 4.74 Å². The molecule has 1 aromatic rings. The van der Waals surface area contributed by atoms with Crippen molar-refractivity contribution in [3.8, 4) is 0 Å². The molecule has 0 radical (unpaired) electrons. The van der Waals surface area contributed by atoms with Crippen LogP contribution in [0.4, 0.5) is 11.5 Å². The minimum Gasteiger partial charge on any atom is -0.466 e. The van der Waals surface area contributed by atoms with Crippen LogP contribution in [0.25, 0.3) is 0 Å². The minimum atomic E-state index is -0.644. The molecule has 7 heteroatoms. The van der Waals surface area contributed by atoms with Gasteiger partial charge in [0.05, 0.1) is 16.9 Å². The van der Waals surface area contributed by atoms with Gasteiger partial charge in [0.25, 0.3) is 0 Å². The smallest absolute Gasteiger partial charge is 0.314 e. The van der Waals surface area contributed by atoms with Crippen molar-refractivity contribution in [3.05, 3.63) is 27.9 Å². The summed E-state index contributed by atoms with van der Waals surface area (Å²) in [6.45, 7) is 8.82. The number of hydrogen-bond donors (Lipinski definition) is 0. The van der Waals surface area contributed by atoms with E-state index in [2.05, 4.69) is 4.98 Å². The van der Waals surface area contributed by atoms with Crippen LogP contribution in [0.2, 0.25) is 0 Å². The van der Waals surface area contributed by atoms with Crippen LogP contribution >= 0.6 is 0 Å². The molecule has 1 aliphatic heterocycles. The Kier molecular flexibility index (Phi) is 4.87. The van der Waals surface area contributed by atoms with E-state index in [1.807, 2.05) is 18.7 Å². The first-order valence-corrected chi connectivity index (χ1v) is 7.86. The van der Waals surface area contributed by atoms with Gasteiger partial charge in [0.1, 0.15) is 0 Å². The van der Waals surface area contributed by atoms with Gasteiger partial charge in [0.15, 0.2) is 0 Å². The number of carbonyl (C=O) groups excluding carboxylic acids is 1. The van der Waals surface area contributed by atoms with Gasteiger partial charge in [-0.25, -0.2) is 4.98 Å². The molecular weight excluding hydrogens is 298 g/mol. The summed E-state index contributed by atoms with van der Waals surface area (Å²) in [6, 6.07) is 3.09. The fraction of sp³-hybridized carbons (Fsp3) is 0.625. The first-order valence-electron chi connectivity index (χ1n) is 7.86. The average Bonchev–Trinajstić information content (AvgIpc) is 2.93. The van der Waals surface area contributed by atoms with Crippen LogP contribution in [0, 0.1) is 28.4 Å². The molecule has 0 spiro atoms. The van der Waals surface area contributed by atoms with Crippen LogP contribution < -0.4 is 4.90 Å². The fourth-order valence-corrected chi connectivity index (χ4v) is 3.07. The predicted molar refractivity (Wildman–Crippen MR) is 86.4 cm³/mol. The third-order valence-electron chi connectivity index (χ3n) is 4.58. The molecule has 2 rings (SSSR count). The van der Waals surface area contributed by atoms with Crippen LogP contribution in [0.3, 0.4) is 0 Å². The summed E-state index contributed by atoms with van der Waals surface area (Å²) in [7, 11) is 0. The van der Waals surface area contributed by atoms with Crippen LogP contribution in [0.15, 0.2) is 12.1 Å². The molecule has 1 aliphatic rings. The van der Waals surface area contributed by atoms with E-state index in [0.29, 0.717) is 37.6 Å². The zero-order valence-electron chi connectivity index (χ0n) is 14.0. The molecule has 0 saturated carbocycles. The Bertz CT molecular complexity index is 617. The molecule has 7 nitrogen and oxygen atoms in total. The van der Waals surface area contributed by atoms with Gasteiger partial charge in [0.2, 0.25) is 5.82 Å². The van der Waals surface area contributed by atoms with E-state index in [-0.39, 0.29) is 17.6 Å². The summed E-state index contributed by atoms with van der Waals surface area (Å²) in [6.07, 6.45) is 0.607. The fourth-order valence-electron chi connectivity index (χ4n) is 3.07. The SMILES string of the molecule is CCOC(=O)C1(C(C)C)CCN(c2nc(C)ccc2[N+](=O)[O-])C1. The first-order chi connectivity index (χ1) is 10.8.